The zero-order valence-corrected chi connectivity index (χ0v) is 17.7. The van der Waals surface area contributed by atoms with Crippen LogP contribution in [-0.2, 0) is 16.4 Å². The molecule has 0 spiro atoms. The van der Waals surface area contributed by atoms with E-state index in [2.05, 4.69) is 13.8 Å². The van der Waals surface area contributed by atoms with Gasteiger partial charge in [0, 0.05) is 35.7 Å². The van der Waals surface area contributed by atoms with E-state index in [-0.39, 0.29) is 16.8 Å². The third-order valence-electron chi connectivity index (χ3n) is 5.66. The van der Waals surface area contributed by atoms with Crippen LogP contribution in [0, 0.1) is 0 Å². The zero-order valence-electron chi connectivity index (χ0n) is 16.0. The lowest BCUT2D eigenvalue weighted by Crippen LogP contribution is -2.48. The van der Waals surface area contributed by atoms with Crippen molar-refractivity contribution in [1.82, 2.24) is 4.90 Å². The second kappa shape index (κ2) is 7.44. The largest absolute Gasteiger partial charge is 0.334 e. The second-order valence-corrected chi connectivity index (χ2v) is 10.6. The minimum Gasteiger partial charge on any atom is -0.334 e. The maximum atomic E-state index is 13.3. The molecule has 2 unspecified atom stereocenters. The molecule has 0 N–H and O–H groups in total. The lowest BCUT2D eigenvalue weighted by Gasteiger charge is -2.37. The highest BCUT2D eigenvalue weighted by molar-refractivity contribution is 8.00. The molecule has 0 radical (unpaired) electrons. The summed E-state index contributed by atoms with van der Waals surface area (Å²) in [6.07, 6.45) is 0.703. The van der Waals surface area contributed by atoms with E-state index >= 15 is 0 Å². The average Bonchev–Trinajstić information content (AvgIpc) is 3.15. The first-order valence-electron chi connectivity index (χ1n) is 9.53. The zero-order chi connectivity index (χ0) is 19.9. The van der Waals surface area contributed by atoms with E-state index in [1.165, 1.54) is 10.4 Å². The Morgan fingerprint density at radius 3 is 2.68 bits per heavy atom. The van der Waals surface area contributed by atoms with Crippen molar-refractivity contribution >= 4 is 33.4 Å². The van der Waals surface area contributed by atoms with Crippen molar-refractivity contribution in [3.05, 3.63) is 59.7 Å². The van der Waals surface area contributed by atoms with E-state index < -0.39 is 10.0 Å². The lowest BCUT2D eigenvalue weighted by atomic mass is 10.1. The summed E-state index contributed by atoms with van der Waals surface area (Å²) in [4.78, 5) is 15.1. The van der Waals surface area contributed by atoms with Crippen molar-refractivity contribution in [3.63, 3.8) is 0 Å². The van der Waals surface area contributed by atoms with Gasteiger partial charge in [0.25, 0.3) is 15.9 Å². The molecule has 2 heterocycles. The van der Waals surface area contributed by atoms with Gasteiger partial charge in [-0.15, -0.1) is 0 Å². The first kappa shape index (κ1) is 19.3. The molecular formula is C21H24N2O3S2. The molecule has 2 atom stereocenters. The van der Waals surface area contributed by atoms with E-state index in [0.29, 0.717) is 30.3 Å². The van der Waals surface area contributed by atoms with Crippen LogP contribution < -0.4 is 4.31 Å². The van der Waals surface area contributed by atoms with Crippen LogP contribution in [0.25, 0.3) is 0 Å². The molecule has 2 aromatic carbocycles. The van der Waals surface area contributed by atoms with Gasteiger partial charge >= 0.3 is 0 Å². The molecule has 28 heavy (non-hydrogen) atoms. The van der Waals surface area contributed by atoms with Crippen molar-refractivity contribution < 1.29 is 13.2 Å². The first-order valence-corrected chi connectivity index (χ1v) is 12.0. The molecule has 5 nitrogen and oxygen atoms in total. The van der Waals surface area contributed by atoms with Crippen molar-refractivity contribution in [1.29, 1.82) is 0 Å². The average molecular weight is 417 g/mol. The topological polar surface area (TPSA) is 57.7 Å². The van der Waals surface area contributed by atoms with Crippen LogP contribution in [0.5, 0.6) is 0 Å². The van der Waals surface area contributed by atoms with Gasteiger partial charge in [0.15, 0.2) is 0 Å². The van der Waals surface area contributed by atoms with E-state index in [1.807, 2.05) is 40.9 Å². The maximum absolute atomic E-state index is 13.3. The van der Waals surface area contributed by atoms with Gasteiger partial charge < -0.3 is 4.90 Å². The molecule has 4 rings (SSSR count). The van der Waals surface area contributed by atoms with Gasteiger partial charge in [-0.2, -0.15) is 11.8 Å². The molecule has 0 aliphatic carbocycles. The predicted molar refractivity (Wildman–Crippen MR) is 114 cm³/mol. The molecular weight excluding hydrogens is 392 g/mol. The van der Waals surface area contributed by atoms with Crippen LogP contribution in [0.3, 0.4) is 0 Å². The molecule has 1 saturated heterocycles. The Morgan fingerprint density at radius 2 is 1.86 bits per heavy atom. The number of nitrogens with zero attached hydrogens (tertiary/aromatic N) is 2. The molecule has 148 valence electrons. The monoisotopic (exact) mass is 416 g/mol. The van der Waals surface area contributed by atoms with E-state index in [9.17, 15) is 13.2 Å². The first-order chi connectivity index (χ1) is 13.4. The molecule has 1 amide bonds. The van der Waals surface area contributed by atoms with E-state index in [0.717, 1.165) is 17.0 Å². The second-order valence-electron chi connectivity index (χ2n) is 7.30. The van der Waals surface area contributed by atoms with Gasteiger partial charge in [-0.05, 0) is 43.2 Å². The van der Waals surface area contributed by atoms with Crippen LogP contribution in [0.15, 0.2) is 53.4 Å². The molecule has 0 aromatic heterocycles. The minimum absolute atomic E-state index is 0.0986. The van der Waals surface area contributed by atoms with Crippen LogP contribution in [0.2, 0.25) is 0 Å². The highest BCUT2D eigenvalue weighted by Gasteiger charge is 2.33. The van der Waals surface area contributed by atoms with Crippen molar-refractivity contribution in [3.8, 4) is 0 Å². The molecule has 0 saturated carbocycles. The Morgan fingerprint density at radius 1 is 1.07 bits per heavy atom. The van der Waals surface area contributed by atoms with Crippen molar-refractivity contribution in [2.45, 2.75) is 36.5 Å². The fraction of sp³-hybridized carbons (Fsp3) is 0.381. The Bertz CT molecular complexity index is 1010. The van der Waals surface area contributed by atoms with Gasteiger partial charge in [-0.1, -0.05) is 31.2 Å². The molecule has 7 heteroatoms. The Hall–Kier alpha value is -1.99. The van der Waals surface area contributed by atoms with Crippen LogP contribution in [-0.4, -0.2) is 49.4 Å². The number of amides is 1. The number of rotatable bonds is 3. The number of anilines is 1. The number of carbonyl (C=O) groups excluding carboxylic acids is 1. The number of sulfonamides is 1. The lowest BCUT2D eigenvalue weighted by molar-refractivity contribution is 0.0698. The number of para-hydroxylation sites is 1. The standard InChI is InChI=1S/C21H24N2O3S2/c1-15-16(2)27-13-12-22(15)21(24)18-7-5-8-19(14-18)28(25,26)23-11-10-17-6-3-4-9-20(17)23/h3-9,14-16H,10-13H2,1-2H3. The minimum atomic E-state index is -3.70. The number of hydrogen-bond donors (Lipinski definition) is 0. The number of carbonyl (C=O) groups is 1. The summed E-state index contributed by atoms with van der Waals surface area (Å²) in [6.45, 7) is 5.29. The fourth-order valence-corrected chi connectivity index (χ4v) is 6.51. The molecule has 0 bridgehead atoms. The van der Waals surface area contributed by atoms with Gasteiger partial charge in [0.2, 0.25) is 0 Å². The summed E-state index contributed by atoms with van der Waals surface area (Å²) in [5, 5.41) is 0.366. The smallest absolute Gasteiger partial charge is 0.264 e. The molecule has 2 aliphatic rings. The van der Waals surface area contributed by atoms with Crippen LogP contribution in [0.1, 0.15) is 29.8 Å². The third-order valence-corrected chi connectivity index (χ3v) is 8.81. The number of thioether (sulfide) groups is 1. The number of fused-ring (bicyclic) bond motifs is 1. The van der Waals surface area contributed by atoms with Crippen LogP contribution >= 0.6 is 11.8 Å². The molecule has 2 aromatic rings. The maximum Gasteiger partial charge on any atom is 0.264 e. The third kappa shape index (κ3) is 3.31. The Kier molecular flexibility index (Phi) is 5.14. The van der Waals surface area contributed by atoms with Crippen LogP contribution in [0.4, 0.5) is 5.69 Å². The molecule has 2 aliphatic heterocycles. The predicted octanol–water partition coefficient (Wildman–Crippen LogP) is 3.40. The van der Waals surface area contributed by atoms with Gasteiger partial charge in [-0.3, -0.25) is 9.10 Å². The summed E-state index contributed by atoms with van der Waals surface area (Å²) < 4.78 is 28.0. The summed E-state index contributed by atoms with van der Waals surface area (Å²) in [6, 6.07) is 14.2. The quantitative estimate of drug-likeness (QED) is 0.770. The highest BCUT2D eigenvalue weighted by Crippen LogP contribution is 2.33. The normalized spacial score (nSPS) is 22.2. The Labute approximate surface area is 170 Å². The highest BCUT2D eigenvalue weighted by atomic mass is 32.2. The Balaban J connectivity index is 1.65. The van der Waals surface area contributed by atoms with E-state index in [4.69, 9.17) is 0 Å². The van der Waals surface area contributed by atoms with E-state index in [1.54, 1.807) is 18.2 Å². The summed E-state index contributed by atoms with van der Waals surface area (Å²) >= 11 is 1.86. The summed E-state index contributed by atoms with van der Waals surface area (Å²) in [5.41, 5.74) is 2.20. The number of hydrogen-bond acceptors (Lipinski definition) is 4. The van der Waals surface area contributed by atoms with Gasteiger partial charge in [0.1, 0.15) is 0 Å². The fourth-order valence-electron chi connectivity index (χ4n) is 3.86. The molecule has 1 fully saturated rings. The van der Waals surface area contributed by atoms with Crippen molar-refractivity contribution in [2.75, 3.05) is 23.1 Å². The SMILES string of the molecule is CC1SCCN(C(=O)c2cccc(S(=O)(=O)N3CCc4ccccc43)c2)C1C. The number of benzene rings is 2. The summed E-state index contributed by atoms with van der Waals surface area (Å²) in [7, 11) is -3.70. The van der Waals surface area contributed by atoms with Crippen molar-refractivity contribution in [2.24, 2.45) is 0 Å². The van der Waals surface area contributed by atoms with Gasteiger partial charge in [-0.25, -0.2) is 8.42 Å². The summed E-state index contributed by atoms with van der Waals surface area (Å²) in [5.74, 6) is 0.804. The van der Waals surface area contributed by atoms with Gasteiger partial charge in [0.05, 0.1) is 10.6 Å².